The van der Waals surface area contributed by atoms with Crippen LogP contribution in [-0.2, 0) is 27.5 Å². The molecular formula is C26H29F9N4O6. The maximum atomic E-state index is 10.6. The second-order valence-electron chi connectivity index (χ2n) is 9.87. The van der Waals surface area contributed by atoms with Gasteiger partial charge in [0.25, 0.3) is 0 Å². The number of alkyl halides is 9. The number of hydrogen-bond acceptors (Lipinski definition) is 7. The molecule has 45 heavy (non-hydrogen) atoms. The second-order valence-corrected chi connectivity index (χ2v) is 9.87. The van der Waals surface area contributed by atoms with E-state index in [1.165, 1.54) is 56.6 Å². The monoisotopic (exact) mass is 664 g/mol. The number of aromatic nitrogens is 2. The number of aliphatic carboxylic acids is 3. The van der Waals surface area contributed by atoms with Crippen molar-refractivity contribution >= 4 is 17.9 Å². The van der Waals surface area contributed by atoms with Crippen LogP contribution in [0.3, 0.4) is 0 Å². The van der Waals surface area contributed by atoms with Gasteiger partial charge in [-0.1, -0.05) is 12.1 Å². The van der Waals surface area contributed by atoms with Crippen molar-refractivity contribution in [1.82, 2.24) is 19.8 Å². The summed E-state index contributed by atoms with van der Waals surface area (Å²) >= 11 is 0. The van der Waals surface area contributed by atoms with Crippen LogP contribution in [0.1, 0.15) is 30.4 Å². The average molecular weight is 665 g/mol. The number of halogens is 9. The van der Waals surface area contributed by atoms with Gasteiger partial charge < -0.3 is 15.3 Å². The van der Waals surface area contributed by atoms with E-state index < -0.39 is 36.4 Å². The zero-order valence-electron chi connectivity index (χ0n) is 23.2. The molecule has 0 radical (unpaired) electrons. The van der Waals surface area contributed by atoms with E-state index in [2.05, 4.69) is 31.9 Å². The van der Waals surface area contributed by atoms with Gasteiger partial charge in [0, 0.05) is 44.4 Å². The number of hydrogen-bond donors (Lipinski definition) is 3. The fourth-order valence-electron chi connectivity index (χ4n) is 4.26. The minimum atomic E-state index is -5.08. The summed E-state index contributed by atoms with van der Waals surface area (Å²) in [5.41, 5.74) is 3.22. The van der Waals surface area contributed by atoms with Crippen LogP contribution in [0, 0.1) is 5.41 Å². The Morgan fingerprint density at radius 1 is 0.644 bits per heavy atom. The highest BCUT2D eigenvalue weighted by atomic mass is 19.4. The molecule has 0 saturated carbocycles. The van der Waals surface area contributed by atoms with Crippen LogP contribution in [-0.4, -0.2) is 97.7 Å². The fourth-order valence-corrected chi connectivity index (χ4v) is 4.26. The number of rotatable bonds is 4. The molecule has 10 nitrogen and oxygen atoms in total. The zero-order chi connectivity index (χ0) is 34.5. The Bertz CT molecular complexity index is 1150. The SMILES string of the molecule is O=C(O)C(F)(F)F.O=C(O)C(F)(F)F.O=C(O)C(F)(F)F.c1cncc(CN2CCC3(CC2)CCN(Cc2cccnc2)C3)c1. The van der Waals surface area contributed by atoms with Gasteiger partial charge in [0.15, 0.2) is 0 Å². The summed E-state index contributed by atoms with van der Waals surface area (Å²) in [6.07, 6.45) is -3.53. The minimum absolute atomic E-state index is 0.549. The van der Waals surface area contributed by atoms with Crippen molar-refractivity contribution in [3.63, 3.8) is 0 Å². The lowest BCUT2D eigenvalue weighted by molar-refractivity contribution is -0.193. The molecule has 2 aromatic heterocycles. The third kappa shape index (κ3) is 15.5. The van der Waals surface area contributed by atoms with Gasteiger partial charge in [-0.05, 0) is 67.6 Å². The number of piperidine rings is 1. The molecular weight excluding hydrogens is 635 g/mol. The first-order valence-corrected chi connectivity index (χ1v) is 12.8. The molecule has 0 aliphatic carbocycles. The fraction of sp³-hybridized carbons (Fsp3) is 0.500. The third-order valence-electron chi connectivity index (χ3n) is 6.42. The van der Waals surface area contributed by atoms with Crippen molar-refractivity contribution in [1.29, 1.82) is 0 Å². The molecule has 2 aliphatic heterocycles. The maximum absolute atomic E-state index is 10.6. The number of nitrogens with zero attached hydrogens (tertiary/aromatic N) is 4. The molecule has 2 aromatic rings. The van der Waals surface area contributed by atoms with E-state index in [9.17, 15) is 39.5 Å². The standard InChI is InChI=1S/C20H26N4.3C2HF3O2/c1-3-18(13-21-8-1)15-23-10-5-20(6-11-23)7-12-24(17-20)16-19-4-2-9-22-14-19;3*3-2(4,5)1(6)7/h1-4,8-9,13-14H,5-7,10-12,15-17H2;3*(H,6,7). The van der Waals surface area contributed by atoms with Crippen LogP contribution in [0.15, 0.2) is 49.1 Å². The lowest BCUT2D eigenvalue weighted by atomic mass is 9.77. The Balaban J connectivity index is 0.000000396. The second kappa shape index (κ2) is 16.9. The van der Waals surface area contributed by atoms with Gasteiger partial charge in [-0.15, -0.1) is 0 Å². The van der Waals surface area contributed by atoms with Gasteiger partial charge in [0.1, 0.15) is 0 Å². The smallest absolute Gasteiger partial charge is 0.475 e. The molecule has 252 valence electrons. The molecule has 4 rings (SSSR count). The summed E-state index contributed by atoms with van der Waals surface area (Å²) in [7, 11) is 0. The molecule has 1 spiro atoms. The van der Waals surface area contributed by atoms with E-state index >= 15 is 0 Å². The first-order valence-electron chi connectivity index (χ1n) is 12.8. The summed E-state index contributed by atoms with van der Waals surface area (Å²) in [5.74, 6) is -8.27. The highest BCUT2D eigenvalue weighted by Crippen LogP contribution is 2.41. The van der Waals surface area contributed by atoms with Crippen LogP contribution in [0.5, 0.6) is 0 Å². The van der Waals surface area contributed by atoms with E-state index in [1.807, 2.05) is 36.9 Å². The van der Waals surface area contributed by atoms with Gasteiger partial charge >= 0.3 is 36.4 Å². The van der Waals surface area contributed by atoms with Gasteiger partial charge in [-0.2, -0.15) is 39.5 Å². The third-order valence-corrected chi connectivity index (χ3v) is 6.42. The van der Waals surface area contributed by atoms with E-state index in [-0.39, 0.29) is 0 Å². The first kappa shape index (κ1) is 39.0. The number of carboxylic acids is 3. The largest absolute Gasteiger partial charge is 0.490 e. The summed E-state index contributed by atoms with van der Waals surface area (Å²) in [5, 5.41) is 21.4. The number of carbonyl (C=O) groups is 3. The van der Waals surface area contributed by atoms with E-state index in [1.54, 1.807) is 0 Å². The van der Waals surface area contributed by atoms with Gasteiger partial charge in [-0.3, -0.25) is 19.8 Å². The van der Waals surface area contributed by atoms with Crippen LogP contribution >= 0.6 is 0 Å². The number of pyridine rings is 2. The van der Waals surface area contributed by atoms with Crippen LogP contribution < -0.4 is 0 Å². The minimum Gasteiger partial charge on any atom is -0.475 e. The normalized spacial score (nSPS) is 16.6. The van der Waals surface area contributed by atoms with Crippen LogP contribution in [0.2, 0.25) is 0 Å². The zero-order valence-corrected chi connectivity index (χ0v) is 23.2. The Morgan fingerprint density at radius 3 is 1.24 bits per heavy atom. The Morgan fingerprint density at radius 2 is 0.956 bits per heavy atom. The average Bonchev–Trinajstić information content (AvgIpc) is 3.32. The first-order chi connectivity index (χ1) is 20.6. The molecule has 0 atom stereocenters. The highest BCUT2D eigenvalue weighted by molar-refractivity contribution is 5.73. The van der Waals surface area contributed by atoms with Crippen molar-refractivity contribution < 1.29 is 69.2 Å². The lowest BCUT2D eigenvalue weighted by Gasteiger charge is -2.39. The van der Waals surface area contributed by atoms with Crippen molar-refractivity contribution in [2.45, 2.75) is 50.9 Å². The van der Waals surface area contributed by atoms with Crippen molar-refractivity contribution in [2.75, 3.05) is 26.2 Å². The molecule has 2 saturated heterocycles. The molecule has 4 heterocycles. The summed E-state index contributed by atoms with van der Waals surface area (Å²) in [4.78, 5) is 40.4. The van der Waals surface area contributed by atoms with Gasteiger partial charge in [0.05, 0.1) is 0 Å². The summed E-state index contributed by atoms with van der Waals surface area (Å²) in [6.45, 7) is 7.02. The van der Waals surface area contributed by atoms with E-state index in [0.717, 1.165) is 13.1 Å². The van der Waals surface area contributed by atoms with Crippen LogP contribution in [0.4, 0.5) is 39.5 Å². The Hall–Kier alpha value is -4.00. The summed E-state index contributed by atoms with van der Waals surface area (Å²) < 4.78 is 95.2. The predicted molar refractivity (Wildman–Crippen MR) is 136 cm³/mol. The molecule has 0 bridgehead atoms. The predicted octanol–water partition coefficient (Wildman–Crippen LogP) is 4.86. The van der Waals surface area contributed by atoms with Crippen molar-refractivity contribution in [3.8, 4) is 0 Å². The van der Waals surface area contributed by atoms with E-state index in [0.29, 0.717) is 5.41 Å². The molecule has 3 N–H and O–H groups in total. The molecule has 0 unspecified atom stereocenters. The van der Waals surface area contributed by atoms with Crippen molar-refractivity contribution in [2.24, 2.45) is 5.41 Å². The quantitative estimate of drug-likeness (QED) is 0.388. The summed E-state index contributed by atoms with van der Waals surface area (Å²) in [6, 6.07) is 8.45. The number of likely N-dealkylation sites (tertiary alicyclic amines) is 2. The molecule has 0 aromatic carbocycles. The molecule has 2 aliphatic rings. The molecule has 19 heteroatoms. The maximum Gasteiger partial charge on any atom is 0.490 e. The Kier molecular flexibility index (Phi) is 14.7. The lowest BCUT2D eigenvalue weighted by Crippen LogP contribution is -2.41. The van der Waals surface area contributed by atoms with Crippen molar-refractivity contribution in [3.05, 3.63) is 60.2 Å². The molecule has 0 amide bonds. The topological polar surface area (TPSA) is 144 Å². The van der Waals surface area contributed by atoms with Crippen LogP contribution in [0.25, 0.3) is 0 Å². The van der Waals surface area contributed by atoms with Gasteiger partial charge in [0.2, 0.25) is 0 Å². The van der Waals surface area contributed by atoms with Gasteiger partial charge in [-0.25, -0.2) is 14.4 Å². The Labute approximate surface area is 250 Å². The van der Waals surface area contributed by atoms with E-state index in [4.69, 9.17) is 29.7 Å². The highest BCUT2D eigenvalue weighted by Gasteiger charge is 2.41. The number of carboxylic acid groups (broad SMARTS) is 3. The molecule has 2 fully saturated rings.